The van der Waals surface area contributed by atoms with Gasteiger partial charge < -0.3 is 14.8 Å². The maximum absolute atomic E-state index is 5.81. The summed E-state index contributed by atoms with van der Waals surface area (Å²) in [7, 11) is 0. The van der Waals surface area contributed by atoms with Gasteiger partial charge in [0.25, 0.3) is 0 Å². The molecule has 1 aliphatic rings. The Kier molecular flexibility index (Phi) is 5.23. The molecule has 0 aliphatic carbocycles. The van der Waals surface area contributed by atoms with Crippen LogP contribution in [0.3, 0.4) is 0 Å². The van der Waals surface area contributed by atoms with Crippen molar-refractivity contribution in [3.63, 3.8) is 0 Å². The summed E-state index contributed by atoms with van der Waals surface area (Å²) in [5.41, 5.74) is 4.03. The minimum absolute atomic E-state index is 0.321. The summed E-state index contributed by atoms with van der Waals surface area (Å²) in [6.07, 6.45) is 1.06. The monoisotopic (exact) mass is 376 g/mol. The molecular weight excluding hydrogens is 354 g/mol. The summed E-state index contributed by atoms with van der Waals surface area (Å²) in [6, 6.07) is 13.3. The van der Waals surface area contributed by atoms with Crippen molar-refractivity contribution in [2.24, 2.45) is 0 Å². The number of halogens is 1. The number of quaternary nitrogens is 1. The van der Waals surface area contributed by atoms with Crippen LogP contribution in [-0.4, -0.2) is 19.8 Å². The second-order valence-electron chi connectivity index (χ2n) is 5.67. The van der Waals surface area contributed by atoms with Gasteiger partial charge in [0.15, 0.2) is 11.5 Å². The van der Waals surface area contributed by atoms with Crippen LogP contribution in [0, 0.1) is 0 Å². The number of fused-ring (bicyclic) bond motifs is 1. The topological polar surface area (TPSA) is 35.1 Å². The van der Waals surface area contributed by atoms with Gasteiger partial charge in [-0.2, -0.15) is 0 Å². The summed E-state index contributed by atoms with van der Waals surface area (Å²) in [4.78, 5) is 0. The fourth-order valence-corrected chi connectivity index (χ4v) is 3.44. The Morgan fingerprint density at radius 2 is 1.70 bits per heavy atom. The van der Waals surface area contributed by atoms with Gasteiger partial charge in [-0.15, -0.1) is 0 Å². The molecular formula is C19H23BrNO2+. The third kappa shape index (κ3) is 3.54. The van der Waals surface area contributed by atoms with Crippen molar-refractivity contribution < 1.29 is 14.8 Å². The highest BCUT2D eigenvalue weighted by Crippen LogP contribution is 2.36. The molecule has 0 amide bonds. The van der Waals surface area contributed by atoms with Gasteiger partial charge >= 0.3 is 0 Å². The highest BCUT2D eigenvalue weighted by Gasteiger charge is 2.27. The zero-order valence-electron chi connectivity index (χ0n) is 13.6. The molecule has 0 aromatic heterocycles. The first-order valence-electron chi connectivity index (χ1n) is 8.24. The Balaban J connectivity index is 2.02. The van der Waals surface area contributed by atoms with E-state index in [9.17, 15) is 0 Å². The lowest BCUT2D eigenvalue weighted by atomic mass is 9.89. The maximum atomic E-state index is 5.81. The minimum atomic E-state index is 0.321. The van der Waals surface area contributed by atoms with Crippen molar-refractivity contribution >= 4 is 15.9 Å². The summed E-state index contributed by atoms with van der Waals surface area (Å²) in [5.74, 6) is 1.72. The molecule has 0 saturated heterocycles. The van der Waals surface area contributed by atoms with E-state index in [4.69, 9.17) is 9.47 Å². The maximum Gasteiger partial charge on any atom is 0.161 e. The fourth-order valence-electron chi connectivity index (χ4n) is 3.18. The second-order valence-corrected chi connectivity index (χ2v) is 6.58. The van der Waals surface area contributed by atoms with Crippen molar-refractivity contribution in [1.82, 2.24) is 0 Å². The summed E-state index contributed by atoms with van der Waals surface area (Å²) >= 11 is 3.51. The Hall–Kier alpha value is -1.52. The third-order valence-electron chi connectivity index (χ3n) is 4.19. The van der Waals surface area contributed by atoms with Crippen molar-refractivity contribution in [1.29, 1.82) is 0 Å². The van der Waals surface area contributed by atoms with E-state index < -0.39 is 0 Å². The quantitative estimate of drug-likeness (QED) is 0.866. The molecule has 0 saturated carbocycles. The zero-order valence-corrected chi connectivity index (χ0v) is 15.2. The normalized spacial score (nSPS) is 16.7. The van der Waals surface area contributed by atoms with Gasteiger partial charge in [-0.05, 0) is 43.7 Å². The molecule has 3 rings (SSSR count). The molecule has 1 heterocycles. The van der Waals surface area contributed by atoms with Gasteiger partial charge in [-0.3, -0.25) is 0 Å². The number of rotatable bonds is 5. The second kappa shape index (κ2) is 7.37. The molecule has 0 fully saturated rings. The molecule has 2 N–H and O–H groups in total. The van der Waals surface area contributed by atoms with Crippen molar-refractivity contribution in [2.45, 2.75) is 26.3 Å². The van der Waals surface area contributed by atoms with E-state index in [1.165, 1.54) is 16.7 Å². The molecule has 2 aromatic carbocycles. The first kappa shape index (κ1) is 16.3. The SMILES string of the molecule is CCOc1cc2c(cc1OCC)[C@@H](c1ccc(Br)cc1)[NH2+]CC2. The number of ether oxygens (including phenoxy) is 2. The van der Waals surface area contributed by atoms with E-state index >= 15 is 0 Å². The van der Waals surface area contributed by atoms with Crippen LogP contribution >= 0.6 is 15.9 Å². The van der Waals surface area contributed by atoms with Crippen molar-refractivity contribution in [2.75, 3.05) is 19.8 Å². The lowest BCUT2D eigenvalue weighted by molar-refractivity contribution is -0.690. The van der Waals surface area contributed by atoms with Gasteiger partial charge in [0.2, 0.25) is 0 Å². The lowest BCUT2D eigenvalue weighted by Gasteiger charge is -2.26. The molecule has 3 nitrogen and oxygen atoms in total. The molecule has 0 unspecified atom stereocenters. The first-order chi connectivity index (χ1) is 11.2. The Morgan fingerprint density at radius 3 is 2.35 bits per heavy atom. The van der Waals surface area contributed by atoms with Gasteiger partial charge in [-0.1, -0.05) is 28.1 Å². The summed E-state index contributed by atoms with van der Waals surface area (Å²) < 4.78 is 12.7. The average Bonchev–Trinajstić information content (AvgIpc) is 2.56. The van der Waals surface area contributed by atoms with Crippen LogP contribution in [0.2, 0.25) is 0 Å². The van der Waals surface area contributed by atoms with Gasteiger partial charge in [0.05, 0.1) is 19.8 Å². The number of nitrogens with two attached hydrogens (primary N) is 1. The van der Waals surface area contributed by atoms with E-state index in [2.05, 4.69) is 57.6 Å². The predicted octanol–water partition coefficient (Wildman–Crippen LogP) is 3.46. The molecule has 4 heteroatoms. The van der Waals surface area contributed by atoms with Gasteiger partial charge in [0, 0.05) is 22.0 Å². The summed E-state index contributed by atoms with van der Waals surface area (Å²) in [6.45, 7) is 6.40. The zero-order chi connectivity index (χ0) is 16.2. The van der Waals surface area contributed by atoms with E-state index in [0.717, 1.165) is 28.9 Å². The van der Waals surface area contributed by atoms with E-state index in [1.54, 1.807) is 0 Å². The number of benzene rings is 2. The van der Waals surface area contributed by atoms with Crippen molar-refractivity contribution in [3.8, 4) is 11.5 Å². The Labute approximate surface area is 146 Å². The molecule has 0 spiro atoms. The highest BCUT2D eigenvalue weighted by molar-refractivity contribution is 9.10. The molecule has 0 bridgehead atoms. The van der Waals surface area contributed by atoms with Crippen LogP contribution in [0.15, 0.2) is 40.9 Å². The third-order valence-corrected chi connectivity index (χ3v) is 4.71. The average molecular weight is 377 g/mol. The predicted molar refractivity (Wildman–Crippen MR) is 95.3 cm³/mol. The van der Waals surface area contributed by atoms with E-state index in [1.807, 2.05) is 13.8 Å². The Morgan fingerprint density at radius 1 is 1.04 bits per heavy atom. The standard InChI is InChI=1S/C19H22BrNO2/c1-3-22-17-11-14-9-10-21-19(13-5-7-15(20)8-6-13)16(14)12-18(17)23-4-2/h5-8,11-12,19,21H,3-4,9-10H2,1-2H3/p+1/t19-/m1/s1. The molecule has 122 valence electrons. The molecule has 0 radical (unpaired) electrons. The minimum Gasteiger partial charge on any atom is -0.490 e. The van der Waals surface area contributed by atoms with Crippen LogP contribution in [0.5, 0.6) is 11.5 Å². The molecule has 1 aliphatic heterocycles. The molecule has 2 aromatic rings. The highest BCUT2D eigenvalue weighted by atomic mass is 79.9. The first-order valence-corrected chi connectivity index (χ1v) is 9.03. The number of hydrogen-bond acceptors (Lipinski definition) is 2. The van der Waals surface area contributed by atoms with Crippen molar-refractivity contribution in [3.05, 3.63) is 57.6 Å². The molecule has 23 heavy (non-hydrogen) atoms. The van der Waals surface area contributed by atoms with Gasteiger partial charge in [-0.25, -0.2) is 0 Å². The smallest absolute Gasteiger partial charge is 0.161 e. The van der Waals surface area contributed by atoms with Crippen LogP contribution in [0.25, 0.3) is 0 Å². The van der Waals surface area contributed by atoms with Gasteiger partial charge in [0.1, 0.15) is 6.04 Å². The van der Waals surface area contributed by atoms with Crippen LogP contribution in [-0.2, 0) is 6.42 Å². The van der Waals surface area contributed by atoms with Crippen LogP contribution in [0.4, 0.5) is 0 Å². The lowest BCUT2D eigenvalue weighted by Crippen LogP contribution is -2.87. The molecule has 1 atom stereocenters. The Bertz CT molecular complexity index is 670. The number of hydrogen-bond donors (Lipinski definition) is 1. The van der Waals surface area contributed by atoms with E-state index in [-0.39, 0.29) is 0 Å². The van der Waals surface area contributed by atoms with E-state index in [0.29, 0.717) is 19.3 Å². The van der Waals surface area contributed by atoms with Crippen LogP contribution < -0.4 is 14.8 Å². The van der Waals surface area contributed by atoms with Crippen LogP contribution in [0.1, 0.15) is 36.6 Å². The fraction of sp³-hybridized carbons (Fsp3) is 0.368. The largest absolute Gasteiger partial charge is 0.490 e. The summed E-state index contributed by atoms with van der Waals surface area (Å²) in [5, 5.41) is 2.40.